The first-order valence-electron chi connectivity index (χ1n) is 46.7. The molecule has 141 heavy (non-hydrogen) atoms. The van der Waals surface area contributed by atoms with E-state index >= 15 is 0 Å². The summed E-state index contributed by atoms with van der Waals surface area (Å²) in [6.45, 7) is 64.9. The fourth-order valence-electron chi connectivity index (χ4n) is 13.6. The fraction of sp³-hybridized carbons (Fsp3) is 0.444. The molecule has 0 saturated heterocycles. The van der Waals surface area contributed by atoms with E-state index in [1.807, 2.05) is 172 Å². The van der Waals surface area contributed by atoms with Gasteiger partial charge in [0.2, 0.25) is 6.17 Å². The minimum atomic E-state index is -0.470. The first-order chi connectivity index (χ1) is 66.4. The number of amidine groups is 1. The predicted molar refractivity (Wildman–Crippen MR) is 557 cm³/mol. The molecule has 8 heterocycles. The van der Waals surface area contributed by atoms with Crippen LogP contribution in [0.3, 0.4) is 0 Å². The van der Waals surface area contributed by atoms with Crippen LogP contribution in [0.2, 0.25) is 0 Å². The Labute approximate surface area is 836 Å². The molecule has 0 aliphatic carbocycles. The van der Waals surface area contributed by atoms with Crippen LogP contribution in [0.25, 0.3) is 4.85 Å². The molecule has 0 saturated carbocycles. The van der Waals surface area contributed by atoms with Crippen LogP contribution in [0, 0.1) is 152 Å². The topological polar surface area (TPSA) is 487 Å². The minimum Gasteiger partial charge on any atom is -0.495 e. The third-order valence-electron chi connectivity index (χ3n) is 23.0. The maximum atomic E-state index is 10.7. The normalized spacial score (nSPS) is 11.4. The second-order valence-corrected chi connectivity index (χ2v) is 36.8. The standard InChI is InChI=1S/C13H18N2O.C11H15N3.C11H15NS.C10H10N2O2.C10H12N2.C10H13NO2.C10H11N.C9H12N2O2.C9H10N2.C8H10N2O2.C7H11N3O2/c1-5-13(3,6-2)12-10(9-14)11(16-4)7-8-15-12;1-4-11(3,5-2)10-9(8-12)13-6-7-14-10;1-4-11(3,5-2)10-9(8-12)6-7-13-10;1-7(2)9-6-8(11-3)4-5-10(9)12(13)14;1-7(2)10-9(6-11)5-4-8(3)12-10;1-7(2)9-6-8(3)4-5-10(9)11(12)13;1-8(2)10-6-4-3-5-9(10)7-11;1-6(2)9-8(11(12)13)5-4-7(3)10-9;1-7(2)9-8(6-10)4-3-5-11-9;1-6(2)8-7(10(11)12)4-3-5-9-8;1-4(2)6-7(10(11)12)9-5(3)8-6/h7-8H,5-6H2,1-4H3;6-7H,4-5H2,1-3H3;6-7H,4-5H2,1-3H3;4-7H,1-2H3;4-5,7H,1-3H3;4-7H,1-3H3;3-6,8H,1-2H3;4-6H,1-3H3;3-5,7H,1-2H3;3-6H,1-2H3;4-5H,1-3H3. The van der Waals surface area contributed by atoms with E-state index in [2.05, 4.69) is 162 Å². The van der Waals surface area contributed by atoms with Crippen LogP contribution >= 0.6 is 11.3 Å². The highest BCUT2D eigenvalue weighted by Crippen LogP contribution is 2.39. The fourth-order valence-corrected chi connectivity index (χ4v) is 14.8. The molecule has 11 rings (SSSR count). The van der Waals surface area contributed by atoms with Gasteiger partial charge in [0.05, 0.1) is 84.5 Å². The molecule has 0 fully saturated rings. The van der Waals surface area contributed by atoms with Crippen molar-refractivity contribution in [3.63, 3.8) is 0 Å². The number of nitro benzene ring substituents is 2. The van der Waals surface area contributed by atoms with Gasteiger partial charge in [0.25, 0.3) is 22.7 Å². The lowest BCUT2D eigenvalue weighted by molar-refractivity contribution is -0.386. The Balaban J connectivity index is 0.000000777. The van der Waals surface area contributed by atoms with Crippen LogP contribution in [0.1, 0.15) is 366 Å². The van der Waals surface area contributed by atoms with Crippen molar-refractivity contribution in [2.75, 3.05) is 7.11 Å². The van der Waals surface area contributed by atoms with Crippen molar-refractivity contribution in [2.24, 2.45) is 15.9 Å². The largest absolute Gasteiger partial charge is 0.495 e. The van der Waals surface area contributed by atoms with E-state index in [1.165, 1.54) is 29.1 Å². The van der Waals surface area contributed by atoms with E-state index < -0.39 is 14.8 Å². The highest BCUT2D eigenvalue weighted by molar-refractivity contribution is 7.10. The van der Waals surface area contributed by atoms with Crippen molar-refractivity contribution in [2.45, 2.75) is 303 Å². The van der Waals surface area contributed by atoms with Gasteiger partial charge in [-0.05, 0) is 178 Å². The van der Waals surface area contributed by atoms with Gasteiger partial charge in [0.1, 0.15) is 58.8 Å². The summed E-state index contributed by atoms with van der Waals surface area (Å²) in [4.78, 5) is 92.5. The number of aliphatic imine (C=N–C) groups is 2. The zero-order valence-corrected chi connectivity index (χ0v) is 88.1. The zero-order valence-electron chi connectivity index (χ0n) is 87.2. The maximum Gasteiger partial charge on any atom is 0.382 e. The van der Waals surface area contributed by atoms with Crippen molar-refractivity contribution in [1.82, 2.24) is 34.9 Å². The summed E-state index contributed by atoms with van der Waals surface area (Å²) in [6.07, 6.45) is 14.0. The number of rotatable bonds is 22. The Morgan fingerprint density at radius 3 is 1.27 bits per heavy atom. The van der Waals surface area contributed by atoms with Gasteiger partial charge < -0.3 is 14.9 Å². The second-order valence-electron chi connectivity index (χ2n) is 35.8. The molecule has 0 radical (unpaired) electrons. The Morgan fingerprint density at radius 1 is 0.411 bits per heavy atom. The summed E-state index contributed by atoms with van der Waals surface area (Å²) in [5.41, 5.74) is 15.6. The summed E-state index contributed by atoms with van der Waals surface area (Å²) in [6, 6.07) is 47.5. The number of thiophene rings is 1. The predicted octanol–water partition coefficient (Wildman–Crippen LogP) is 28.3. The molecule has 0 N–H and O–H groups in total. The molecule has 3 aromatic carbocycles. The number of pyridine rings is 5. The van der Waals surface area contributed by atoms with E-state index in [9.17, 15) is 55.8 Å². The average molecular weight is 1940 g/mol. The smallest absolute Gasteiger partial charge is 0.382 e. The monoisotopic (exact) mass is 1940 g/mol. The van der Waals surface area contributed by atoms with Gasteiger partial charge in [-0.2, -0.15) is 31.6 Å². The number of hydrogen-bond acceptors (Lipinski definition) is 27. The molecule has 1 aliphatic heterocycles. The van der Waals surface area contributed by atoms with E-state index in [-0.39, 0.29) is 90.4 Å². The van der Waals surface area contributed by atoms with E-state index in [4.69, 9.17) is 37.6 Å². The van der Waals surface area contributed by atoms with Crippen molar-refractivity contribution < 1.29 is 29.4 Å². The number of benzene rings is 3. The first kappa shape index (κ1) is 124. The van der Waals surface area contributed by atoms with Gasteiger partial charge in [0, 0.05) is 124 Å². The van der Waals surface area contributed by atoms with Crippen LogP contribution in [-0.4, -0.2) is 84.3 Å². The Morgan fingerprint density at radius 2 is 0.844 bits per heavy atom. The summed E-state index contributed by atoms with van der Waals surface area (Å²) < 4.78 is 5.20. The third kappa shape index (κ3) is 38.6. The summed E-state index contributed by atoms with van der Waals surface area (Å²) in [5.74, 6) is 2.11. The van der Waals surface area contributed by atoms with Crippen LogP contribution < -0.4 is 4.74 Å². The quantitative estimate of drug-likeness (QED) is 0.0345. The molecule has 746 valence electrons. The van der Waals surface area contributed by atoms with Crippen molar-refractivity contribution >= 4 is 51.3 Å². The molecule has 1 unspecified atom stereocenters. The van der Waals surface area contributed by atoms with Crippen LogP contribution in [0.4, 0.5) is 28.4 Å². The minimum absolute atomic E-state index is 0.0284. The summed E-state index contributed by atoms with van der Waals surface area (Å²) >= 11 is 1.71. The Hall–Kier alpha value is -15.2. The molecule has 0 spiro atoms. The van der Waals surface area contributed by atoms with E-state index in [1.54, 1.807) is 105 Å². The Bertz CT molecular complexity index is 6030. The van der Waals surface area contributed by atoms with Crippen LogP contribution in [-0.2, 0) is 16.2 Å². The maximum absolute atomic E-state index is 10.7. The van der Waals surface area contributed by atoms with Gasteiger partial charge >= 0.3 is 5.84 Å². The van der Waals surface area contributed by atoms with Crippen molar-refractivity contribution in [3.8, 4) is 42.2 Å². The molecule has 1 atom stereocenters. The van der Waals surface area contributed by atoms with Gasteiger partial charge in [-0.1, -0.05) is 208 Å². The second kappa shape index (κ2) is 61.9. The van der Waals surface area contributed by atoms with Gasteiger partial charge in [0.15, 0.2) is 11.4 Å². The number of ether oxygens (including phenoxy) is 1. The molecule has 10 aromatic rings. The lowest BCUT2D eigenvalue weighted by Gasteiger charge is -2.27. The molecular weight excluding hydrogens is 1800 g/mol. The van der Waals surface area contributed by atoms with E-state index in [0.717, 1.165) is 101 Å². The number of nitriles is 6. The number of aromatic nitrogens is 7. The highest BCUT2D eigenvalue weighted by atomic mass is 32.1. The lowest BCUT2D eigenvalue weighted by atomic mass is 9.79. The van der Waals surface area contributed by atoms with Gasteiger partial charge in [-0.25, -0.2) is 14.8 Å². The number of methoxy groups -OCH3 is 1. The van der Waals surface area contributed by atoms with Crippen LogP contribution in [0.5, 0.6) is 5.75 Å². The molecule has 0 bridgehead atoms. The third-order valence-corrected chi connectivity index (χ3v) is 24.3. The number of hydrogen-bond donors (Lipinski definition) is 0. The molecule has 33 heteroatoms. The first-order valence-corrected chi connectivity index (χ1v) is 47.5. The Kier molecular flexibility index (Phi) is 54.3. The van der Waals surface area contributed by atoms with Gasteiger partial charge in [-0.15, -0.1) is 11.3 Å². The summed E-state index contributed by atoms with van der Waals surface area (Å²) in [5, 5.41) is 108. The molecule has 0 amide bonds. The SMILES string of the molecule is CC(C)c1ccccc1C#N.CC(C)c1ncccc1C#N.CC(C)c1ncccc1[N+](=O)[O-].CC1N=C(C(C)C)C([N+](=O)[O-])=N1.CCC(C)(CC)c1nccc(OC)c1C#N.CCC(C)(CC)c1nccnc1C#N.CCC(C)(CC)c1sccc1C#N.Cc1ccc(C#N)c(C(C)C)n1.Cc1ccc([N+](=O)[O-])c(C(C)C)c1.Cc1ccc([N+](=O)[O-])c(C(C)C)n1.[C-]#[N+]c1ccc([N+](=O)[O-])c(C(C)C)c1. The molecule has 1 aliphatic rings. The summed E-state index contributed by atoms with van der Waals surface area (Å²) in [7, 11) is 1.58. The average Bonchev–Trinajstić information content (AvgIpc) is 1.33. The van der Waals surface area contributed by atoms with Crippen molar-refractivity contribution in [1.29, 1.82) is 31.6 Å². The molecule has 32 nitrogen and oxygen atoms in total. The van der Waals surface area contributed by atoms with Gasteiger partial charge in [-0.3, -0.25) is 70.4 Å². The highest BCUT2D eigenvalue weighted by Gasteiger charge is 2.33. The molecule has 7 aromatic heterocycles. The van der Waals surface area contributed by atoms with Crippen LogP contribution in [0.15, 0.2) is 168 Å². The lowest BCUT2D eigenvalue weighted by Crippen LogP contribution is -2.24. The van der Waals surface area contributed by atoms with E-state index in [0.29, 0.717) is 74.2 Å². The van der Waals surface area contributed by atoms with Crippen molar-refractivity contribution in [3.05, 3.63) is 326 Å². The molecular formula is C108H137N21O11S. The number of aryl methyl sites for hydroxylation is 3. The number of nitrogens with zero attached hydrogens (tertiary/aromatic N) is 21. The zero-order chi connectivity index (χ0) is 108. The number of nitro groups is 5.